The van der Waals surface area contributed by atoms with Gasteiger partial charge in [0.15, 0.2) is 0 Å². The van der Waals surface area contributed by atoms with E-state index in [1.54, 1.807) is 0 Å². The van der Waals surface area contributed by atoms with Crippen LogP contribution >= 0.6 is 0 Å². The fourth-order valence-electron chi connectivity index (χ4n) is 1.79. The van der Waals surface area contributed by atoms with Crippen molar-refractivity contribution in [3.05, 3.63) is 0 Å². The van der Waals surface area contributed by atoms with Gasteiger partial charge in [-0.2, -0.15) is 0 Å². The minimum absolute atomic E-state index is 0.00236. The zero-order valence-electron chi connectivity index (χ0n) is 8.97. The summed E-state index contributed by atoms with van der Waals surface area (Å²) >= 11 is 0. The monoisotopic (exact) mass is 184 g/mol. The van der Waals surface area contributed by atoms with E-state index >= 15 is 0 Å². The van der Waals surface area contributed by atoms with Crippen LogP contribution in [0.2, 0.25) is 0 Å². The molecule has 1 heteroatoms. The Morgan fingerprint density at radius 1 is 1.15 bits per heavy atom. The Hall–Kier alpha value is -0.0400. The largest absolute Gasteiger partial charge is 0.393 e. The van der Waals surface area contributed by atoms with Crippen molar-refractivity contribution < 1.29 is 5.11 Å². The summed E-state index contributed by atoms with van der Waals surface area (Å²) in [5, 5.41) is 9.63. The van der Waals surface area contributed by atoms with Crippen LogP contribution in [-0.2, 0) is 0 Å². The Labute approximate surface area is 82.5 Å². The summed E-state index contributed by atoms with van der Waals surface area (Å²) < 4.78 is 0. The van der Waals surface area contributed by atoms with Crippen molar-refractivity contribution in [3.63, 3.8) is 0 Å². The third kappa shape index (κ3) is 6.09. The molecule has 1 atom stereocenters. The summed E-state index contributed by atoms with van der Waals surface area (Å²) in [5.41, 5.74) is 0. The summed E-state index contributed by atoms with van der Waals surface area (Å²) in [7, 11) is 0. The molecule has 0 aliphatic heterocycles. The van der Waals surface area contributed by atoms with E-state index in [0.717, 1.165) is 18.8 Å². The lowest BCUT2D eigenvalue weighted by Gasteiger charge is -2.09. The van der Waals surface area contributed by atoms with Gasteiger partial charge in [0.25, 0.3) is 0 Å². The Balaban J connectivity index is 1.81. The maximum Gasteiger partial charge on any atom is 0.0540 e. The average molecular weight is 184 g/mol. The minimum atomic E-state index is -0.00236. The van der Waals surface area contributed by atoms with E-state index in [1.807, 2.05) is 0 Å². The molecule has 0 aromatic heterocycles. The van der Waals surface area contributed by atoms with E-state index in [4.69, 9.17) is 0 Å². The van der Waals surface area contributed by atoms with Crippen LogP contribution in [0, 0.1) is 5.92 Å². The molecular weight excluding hydrogens is 160 g/mol. The molecule has 1 nitrogen and oxygen atoms in total. The maximum absolute atomic E-state index is 9.63. The second kappa shape index (κ2) is 6.42. The smallest absolute Gasteiger partial charge is 0.0540 e. The zero-order valence-corrected chi connectivity index (χ0v) is 8.97. The van der Waals surface area contributed by atoms with Gasteiger partial charge in [-0.05, 0) is 25.2 Å². The van der Waals surface area contributed by atoms with E-state index in [1.165, 1.54) is 44.9 Å². The summed E-state index contributed by atoms with van der Waals surface area (Å²) in [4.78, 5) is 0. The summed E-state index contributed by atoms with van der Waals surface area (Å²) in [5.74, 6) is 0.977. The molecular formula is C12H24O. The first-order valence-electron chi connectivity index (χ1n) is 6.01. The van der Waals surface area contributed by atoms with Gasteiger partial charge in [-0.25, -0.2) is 0 Å². The van der Waals surface area contributed by atoms with E-state index in [-0.39, 0.29) is 6.10 Å². The highest BCUT2D eigenvalue weighted by Crippen LogP contribution is 2.34. The van der Waals surface area contributed by atoms with Crippen molar-refractivity contribution in [1.82, 2.24) is 0 Å². The summed E-state index contributed by atoms with van der Waals surface area (Å²) in [6, 6.07) is 0. The fourth-order valence-corrected chi connectivity index (χ4v) is 1.79. The number of hydrogen-bond donors (Lipinski definition) is 1. The molecule has 1 N–H and O–H groups in total. The highest BCUT2D eigenvalue weighted by molar-refractivity contribution is 4.74. The van der Waals surface area contributed by atoms with Crippen molar-refractivity contribution in [2.24, 2.45) is 5.92 Å². The molecule has 1 fully saturated rings. The van der Waals surface area contributed by atoms with Gasteiger partial charge in [0.05, 0.1) is 6.10 Å². The molecule has 1 saturated carbocycles. The second-order valence-electron chi connectivity index (χ2n) is 4.52. The normalized spacial score (nSPS) is 18.9. The third-order valence-electron chi connectivity index (χ3n) is 3.00. The molecule has 1 aliphatic rings. The van der Waals surface area contributed by atoms with Crippen molar-refractivity contribution in [1.29, 1.82) is 0 Å². The molecule has 0 spiro atoms. The first kappa shape index (κ1) is 11.0. The first-order chi connectivity index (χ1) is 6.33. The molecule has 13 heavy (non-hydrogen) atoms. The van der Waals surface area contributed by atoms with Gasteiger partial charge < -0.3 is 5.11 Å². The summed E-state index contributed by atoms with van der Waals surface area (Å²) in [6.45, 7) is 2.23. The van der Waals surface area contributed by atoms with Crippen LogP contribution in [0.1, 0.15) is 64.7 Å². The zero-order chi connectivity index (χ0) is 9.52. The van der Waals surface area contributed by atoms with Crippen molar-refractivity contribution >= 4 is 0 Å². The van der Waals surface area contributed by atoms with Crippen molar-refractivity contribution in [3.8, 4) is 0 Å². The first-order valence-corrected chi connectivity index (χ1v) is 6.01. The average Bonchev–Trinajstić information content (AvgIpc) is 2.92. The number of aliphatic hydroxyl groups is 1. The second-order valence-corrected chi connectivity index (χ2v) is 4.52. The predicted octanol–water partition coefficient (Wildman–Crippen LogP) is 3.51. The van der Waals surface area contributed by atoms with Gasteiger partial charge in [-0.3, -0.25) is 0 Å². The van der Waals surface area contributed by atoms with Gasteiger partial charge in [0.1, 0.15) is 0 Å². The number of aliphatic hydroxyl groups excluding tert-OH is 1. The molecule has 78 valence electrons. The highest BCUT2D eigenvalue weighted by atomic mass is 16.3. The van der Waals surface area contributed by atoms with Crippen molar-refractivity contribution in [2.75, 3.05) is 0 Å². The van der Waals surface area contributed by atoms with Crippen LogP contribution in [0.15, 0.2) is 0 Å². The van der Waals surface area contributed by atoms with Crippen LogP contribution in [0.5, 0.6) is 0 Å². The van der Waals surface area contributed by atoms with Gasteiger partial charge in [0.2, 0.25) is 0 Å². The molecule has 0 aromatic rings. The van der Waals surface area contributed by atoms with Crippen LogP contribution < -0.4 is 0 Å². The van der Waals surface area contributed by atoms with Gasteiger partial charge >= 0.3 is 0 Å². The molecule has 0 radical (unpaired) electrons. The maximum atomic E-state index is 9.63. The number of rotatable bonds is 8. The molecule has 1 unspecified atom stereocenters. The SMILES string of the molecule is CCCCCCC(O)CCC1CC1. The topological polar surface area (TPSA) is 20.2 Å². The molecule has 1 rings (SSSR count). The van der Waals surface area contributed by atoms with E-state index < -0.39 is 0 Å². The lowest BCUT2D eigenvalue weighted by atomic mass is 10.0. The standard InChI is InChI=1S/C12H24O/c1-2-3-4-5-6-12(13)10-9-11-7-8-11/h11-13H,2-10H2,1H3. The Morgan fingerprint density at radius 2 is 1.92 bits per heavy atom. The minimum Gasteiger partial charge on any atom is -0.393 e. The molecule has 0 aromatic carbocycles. The number of unbranched alkanes of at least 4 members (excludes halogenated alkanes) is 3. The van der Waals surface area contributed by atoms with Gasteiger partial charge in [-0.15, -0.1) is 0 Å². The Morgan fingerprint density at radius 3 is 2.54 bits per heavy atom. The van der Waals surface area contributed by atoms with Crippen LogP contribution in [0.4, 0.5) is 0 Å². The highest BCUT2D eigenvalue weighted by Gasteiger charge is 2.21. The van der Waals surface area contributed by atoms with E-state index in [9.17, 15) is 5.11 Å². The van der Waals surface area contributed by atoms with Crippen LogP contribution in [-0.4, -0.2) is 11.2 Å². The van der Waals surface area contributed by atoms with Gasteiger partial charge in [0, 0.05) is 0 Å². The fraction of sp³-hybridized carbons (Fsp3) is 1.00. The van der Waals surface area contributed by atoms with Crippen LogP contribution in [0.3, 0.4) is 0 Å². The summed E-state index contributed by atoms with van der Waals surface area (Å²) in [6.07, 6.45) is 11.3. The molecule has 1 aliphatic carbocycles. The molecule has 0 heterocycles. The molecule has 0 bridgehead atoms. The van der Waals surface area contributed by atoms with Crippen LogP contribution in [0.25, 0.3) is 0 Å². The number of hydrogen-bond acceptors (Lipinski definition) is 1. The predicted molar refractivity (Wildman–Crippen MR) is 56.7 cm³/mol. The lowest BCUT2D eigenvalue weighted by molar-refractivity contribution is 0.146. The Bertz CT molecular complexity index is 118. The molecule has 0 amide bonds. The van der Waals surface area contributed by atoms with E-state index in [0.29, 0.717) is 0 Å². The third-order valence-corrected chi connectivity index (χ3v) is 3.00. The van der Waals surface area contributed by atoms with Crippen molar-refractivity contribution in [2.45, 2.75) is 70.8 Å². The lowest BCUT2D eigenvalue weighted by Crippen LogP contribution is -2.06. The Kier molecular flexibility index (Phi) is 5.45. The quantitative estimate of drug-likeness (QED) is 0.572. The van der Waals surface area contributed by atoms with Gasteiger partial charge in [-0.1, -0.05) is 45.4 Å². The van der Waals surface area contributed by atoms with E-state index in [2.05, 4.69) is 6.92 Å². The molecule has 0 saturated heterocycles.